The summed E-state index contributed by atoms with van der Waals surface area (Å²) < 4.78 is 38.3. The van der Waals surface area contributed by atoms with Crippen LogP contribution in [0.3, 0.4) is 0 Å². The number of ether oxygens (including phenoxy) is 2. The highest BCUT2D eigenvalue weighted by Crippen LogP contribution is 2.32. The van der Waals surface area contributed by atoms with Gasteiger partial charge >= 0.3 is 5.97 Å². The van der Waals surface area contributed by atoms with Crippen LogP contribution in [0.4, 0.5) is 11.4 Å². The summed E-state index contributed by atoms with van der Waals surface area (Å²) in [7, 11) is -1.41. The van der Waals surface area contributed by atoms with Crippen LogP contribution in [0.15, 0.2) is 71.6 Å². The molecule has 9 heteroatoms. The molecule has 0 radical (unpaired) electrons. The van der Waals surface area contributed by atoms with Crippen LogP contribution in [0.2, 0.25) is 0 Å². The van der Waals surface area contributed by atoms with E-state index in [2.05, 4.69) is 5.32 Å². The standard InChI is InChI=1S/C25H26N2O6S/c1-17-9-13-20(14-10-17)34(30,31)27(22-7-5-6-8-23(22)32-3)16-24(28)26-21-15-19(25(29)33-4)12-11-18(21)2/h5-15H,16H2,1-4H3,(H,26,28). The van der Waals surface area contributed by atoms with E-state index in [-0.39, 0.29) is 16.1 Å². The van der Waals surface area contributed by atoms with Crippen molar-refractivity contribution in [3.63, 3.8) is 0 Å². The lowest BCUT2D eigenvalue weighted by molar-refractivity contribution is -0.114. The Morgan fingerprint density at radius 1 is 0.941 bits per heavy atom. The normalized spacial score (nSPS) is 10.9. The van der Waals surface area contributed by atoms with Crippen LogP contribution < -0.4 is 14.4 Å². The van der Waals surface area contributed by atoms with Gasteiger partial charge < -0.3 is 14.8 Å². The molecule has 0 unspecified atom stereocenters. The summed E-state index contributed by atoms with van der Waals surface area (Å²) in [5.74, 6) is -0.838. The number of amides is 1. The van der Waals surface area contributed by atoms with E-state index in [0.29, 0.717) is 17.0 Å². The number of carbonyl (C=O) groups excluding carboxylic acids is 2. The summed E-state index contributed by atoms with van der Waals surface area (Å²) in [5.41, 5.74) is 2.46. The number of aryl methyl sites for hydroxylation is 2. The van der Waals surface area contributed by atoms with Crippen molar-refractivity contribution in [2.24, 2.45) is 0 Å². The van der Waals surface area contributed by atoms with Crippen LogP contribution >= 0.6 is 0 Å². The van der Waals surface area contributed by atoms with Gasteiger partial charge in [0, 0.05) is 5.69 Å². The number of para-hydroxylation sites is 2. The minimum absolute atomic E-state index is 0.0423. The molecular weight excluding hydrogens is 456 g/mol. The number of benzene rings is 3. The topological polar surface area (TPSA) is 102 Å². The SMILES string of the molecule is COC(=O)c1ccc(C)c(NC(=O)CN(c2ccccc2OC)S(=O)(=O)c2ccc(C)cc2)c1. The molecular formula is C25H26N2O6S. The molecule has 0 aromatic heterocycles. The van der Waals surface area contributed by atoms with Crippen molar-refractivity contribution >= 4 is 33.3 Å². The third-order valence-electron chi connectivity index (χ3n) is 5.18. The first kappa shape index (κ1) is 24.8. The van der Waals surface area contributed by atoms with Crippen molar-refractivity contribution in [3.05, 3.63) is 83.4 Å². The third kappa shape index (κ3) is 5.37. The van der Waals surface area contributed by atoms with Crippen LogP contribution in [-0.2, 0) is 19.6 Å². The summed E-state index contributed by atoms with van der Waals surface area (Å²) in [4.78, 5) is 25.0. The first-order valence-corrected chi connectivity index (χ1v) is 11.8. The molecule has 0 spiro atoms. The zero-order valence-electron chi connectivity index (χ0n) is 19.4. The van der Waals surface area contributed by atoms with E-state index < -0.39 is 28.4 Å². The maximum Gasteiger partial charge on any atom is 0.337 e. The lowest BCUT2D eigenvalue weighted by Gasteiger charge is -2.26. The lowest BCUT2D eigenvalue weighted by Crippen LogP contribution is -2.38. The molecule has 0 saturated heterocycles. The van der Waals surface area contributed by atoms with E-state index in [1.54, 1.807) is 55.5 Å². The molecule has 3 rings (SSSR count). The van der Waals surface area contributed by atoms with Crippen molar-refractivity contribution in [1.29, 1.82) is 0 Å². The van der Waals surface area contributed by atoms with Gasteiger partial charge in [0.15, 0.2) is 0 Å². The molecule has 0 saturated carbocycles. The number of nitrogens with zero attached hydrogens (tertiary/aromatic N) is 1. The Labute approximate surface area is 199 Å². The van der Waals surface area contributed by atoms with E-state index in [4.69, 9.17) is 9.47 Å². The molecule has 34 heavy (non-hydrogen) atoms. The highest BCUT2D eigenvalue weighted by molar-refractivity contribution is 7.92. The molecule has 0 aliphatic carbocycles. The first-order valence-electron chi connectivity index (χ1n) is 10.4. The van der Waals surface area contributed by atoms with Gasteiger partial charge in [0.05, 0.1) is 30.4 Å². The van der Waals surface area contributed by atoms with Crippen LogP contribution in [0.5, 0.6) is 5.75 Å². The van der Waals surface area contributed by atoms with Crippen molar-refractivity contribution in [2.45, 2.75) is 18.7 Å². The fraction of sp³-hybridized carbons (Fsp3) is 0.200. The molecule has 0 heterocycles. The van der Waals surface area contributed by atoms with E-state index in [9.17, 15) is 18.0 Å². The average Bonchev–Trinajstić information content (AvgIpc) is 2.83. The predicted octanol–water partition coefficient (Wildman–Crippen LogP) is 3.93. The number of esters is 1. The second-order valence-electron chi connectivity index (χ2n) is 7.57. The Kier molecular flexibility index (Phi) is 7.57. The van der Waals surface area contributed by atoms with Gasteiger partial charge in [0.2, 0.25) is 5.91 Å². The maximum atomic E-state index is 13.6. The smallest absolute Gasteiger partial charge is 0.337 e. The van der Waals surface area contributed by atoms with Gasteiger partial charge in [-0.2, -0.15) is 0 Å². The first-order chi connectivity index (χ1) is 16.2. The Balaban J connectivity index is 1.99. The minimum Gasteiger partial charge on any atom is -0.495 e. The summed E-state index contributed by atoms with van der Waals surface area (Å²) in [6, 6.07) is 17.7. The van der Waals surface area contributed by atoms with Crippen LogP contribution in [0, 0.1) is 13.8 Å². The molecule has 0 aliphatic rings. The molecule has 0 aliphatic heterocycles. The quantitative estimate of drug-likeness (QED) is 0.488. The number of nitrogens with one attached hydrogen (secondary N) is 1. The number of hydrogen-bond acceptors (Lipinski definition) is 6. The fourth-order valence-corrected chi connectivity index (χ4v) is 4.73. The van der Waals surface area contributed by atoms with Crippen molar-refractivity contribution in [3.8, 4) is 5.75 Å². The van der Waals surface area contributed by atoms with Crippen molar-refractivity contribution in [1.82, 2.24) is 0 Å². The minimum atomic E-state index is -4.11. The molecule has 3 aromatic rings. The number of hydrogen-bond donors (Lipinski definition) is 1. The Morgan fingerprint density at radius 2 is 1.62 bits per heavy atom. The van der Waals surface area contributed by atoms with Crippen molar-refractivity contribution < 1.29 is 27.5 Å². The molecule has 1 amide bonds. The van der Waals surface area contributed by atoms with Crippen LogP contribution in [0.25, 0.3) is 0 Å². The number of anilines is 2. The van der Waals surface area contributed by atoms with Gasteiger partial charge in [-0.3, -0.25) is 9.10 Å². The number of sulfonamides is 1. The predicted molar refractivity (Wildman–Crippen MR) is 130 cm³/mol. The van der Waals surface area contributed by atoms with Gasteiger partial charge in [-0.1, -0.05) is 35.9 Å². The maximum absolute atomic E-state index is 13.6. The van der Waals surface area contributed by atoms with Gasteiger partial charge in [-0.05, 0) is 55.8 Å². The summed E-state index contributed by atoms with van der Waals surface area (Å²) in [6.45, 7) is 3.10. The van der Waals surface area contributed by atoms with Crippen LogP contribution in [-0.4, -0.2) is 41.1 Å². The molecule has 8 nitrogen and oxygen atoms in total. The van der Waals surface area contributed by atoms with E-state index in [1.165, 1.54) is 32.4 Å². The average molecular weight is 483 g/mol. The molecule has 0 atom stereocenters. The van der Waals surface area contributed by atoms with Crippen LogP contribution in [0.1, 0.15) is 21.5 Å². The Bertz CT molecular complexity index is 1300. The second-order valence-corrected chi connectivity index (χ2v) is 9.43. The monoisotopic (exact) mass is 482 g/mol. The largest absolute Gasteiger partial charge is 0.495 e. The molecule has 3 aromatic carbocycles. The Hall–Kier alpha value is -3.85. The zero-order valence-corrected chi connectivity index (χ0v) is 20.2. The number of carbonyl (C=O) groups is 2. The third-order valence-corrected chi connectivity index (χ3v) is 6.96. The highest BCUT2D eigenvalue weighted by Gasteiger charge is 2.29. The summed E-state index contributed by atoms with van der Waals surface area (Å²) in [5, 5.41) is 2.71. The zero-order chi connectivity index (χ0) is 24.9. The molecule has 0 fully saturated rings. The van der Waals surface area contributed by atoms with E-state index in [1.807, 2.05) is 6.92 Å². The van der Waals surface area contributed by atoms with Gasteiger partial charge in [-0.25, -0.2) is 13.2 Å². The van der Waals surface area contributed by atoms with Gasteiger partial charge in [0.25, 0.3) is 10.0 Å². The van der Waals surface area contributed by atoms with Crippen molar-refractivity contribution in [2.75, 3.05) is 30.4 Å². The fourth-order valence-electron chi connectivity index (χ4n) is 3.29. The Morgan fingerprint density at radius 3 is 2.26 bits per heavy atom. The number of methoxy groups -OCH3 is 2. The number of rotatable bonds is 8. The summed E-state index contributed by atoms with van der Waals surface area (Å²) in [6.07, 6.45) is 0. The highest BCUT2D eigenvalue weighted by atomic mass is 32.2. The lowest BCUT2D eigenvalue weighted by atomic mass is 10.1. The molecule has 1 N–H and O–H groups in total. The second kappa shape index (κ2) is 10.4. The molecule has 0 bridgehead atoms. The summed E-state index contributed by atoms with van der Waals surface area (Å²) >= 11 is 0. The van der Waals surface area contributed by atoms with E-state index in [0.717, 1.165) is 9.87 Å². The van der Waals surface area contributed by atoms with E-state index >= 15 is 0 Å². The van der Waals surface area contributed by atoms with Gasteiger partial charge in [-0.15, -0.1) is 0 Å². The van der Waals surface area contributed by atoms with Gasteiger partial charge in [0.1, 0.15) is 12.3 Å². The molecule has 178 valence electrons.